The first kappa shape index (κ1) is 28.8. The molecule has 210 valence electrons. The number of rotatable bonds is 7. The van der Waals surface area contributed by atoms with Gasteiger partial charge >= 0.3 is 6.09 Å². The van der Waals surface area contributed by atoms with Crippen molar-refractivity contribution in [3.05, 3.63) is 60.7 Å². The maximum atomic E-state index is 13.7. The number of hydrogen-bond acceptors (Lipinski definition) is 5. The van der Waals surface area contributed by atoms with E-state index in [1.807, 2.05) is 36.4 Å². The van der Waals surface area contributed by atoms with E-state index < -0.39 is 37.5 Å². The molecule has 2 saturated heterocycles. The Bertz CT molecular complexity index is 1170. The minimum atomic E-state index is -2.94. The summed E-state index contributed by atoms with van der Waals surface area (Å²) in [7, 11) is -2.94. The molecule has 0 bridgehead atoms. The van der Waals surface area contributed by atoms with Crippen LogP contribution >= 0.6 is 0 Å². The van der Waals surface area contributed by atoms with Crippen molar-refractivity contribution >= 4 is 36.6 Å². The summed E-state index contributed by atoms with van der Waals surface area (Å²) in [5.41, 5.74) is 4.22. The molecule has 4 rings (SSSR count). The predicted octanol–water partition coefficient (Wildman–Crippen LogP) is 3.03. The van der Waals surface area contributed by atoms with Gasteiger partial charge in [-0.2, -0.15) is 0 Å². The lowest BCUT2D eigenvalue weighted by atomic mass is 9.84. The topological polar surface area (TPSA) is 102 Å². The summed E-state index contributed by atoms with van der Waals surface area (Å²) in [6, 6.07) is 19.3. The molecule has 3 amide bonds. The van der Waals surface area contributed by atoms with Gasteiger partial charge in [0.1, 0.15) is 17.2 Å². The summed E-state index contributed by atoms with van der Waals surface area (Å²) in [4.78, 5) is 42.4. The number of nitrogens with two attached hydrogens (primary N) is 1. The summed E-state index contributed by atoms with van der Waals surface area (Å²) in [6.07, 6.45) is 0.716. The van der Waals surface area contributed by atoms with Gasteiger partial charge in [-0.1, -0.05) is 81.4 Å². The van der Waals surface area contributed by atoms with Crippen molar-refractivity contribution in [2.45, 2.75) is 76.6 Å². The zero-order chi connectivity index (χ0) is 28.6. The Morgan fingerprint density at radius 1 is 0.974 bits per heavy atom. The molecular weight excluding hydrogens is 510 g/mol. The number of amides is 3. The Balaban J connectivity index is 1.63. The zero-order valence-corrected chi connectivity index (χ0v) is 24.9. The molecule has 2 atom stereocenters. The van der Waals surface area contributed by atoms with Crippen LogP contribution < -0.4 is 16.1 Å². The minimum absolute atomic E-state index is 0.0309. The van der Waals surface area contributed by atoms with Crippen LogP contribution in [-0.2, 0) is 18.8 Å². The molecule has 2 N–H and O–H groups in total. The Morgan fingerprint density at radius 2 is 1.51 bits per heavy atom. The second kappa shape index (κ2) is 10.4. The van der Waals surface area contributed by atoms with Gasteiger partial charge in [-0.05, 0) is 49.0 Å². The fourth-order valence-corrected chi connectivity index (χ4v) is 10.6. The summed E-state index contributed by atoms with van der Waals surface area (Å²) < 4.78 is 12.5. The second-order valence-corrected chi connectivity index (χ2v) is 16.9. The molecule has 2 aromatic carbocycles. The van der Waals surface area contributed by atoms with E-state index in [4.69, 9.17) is 14.9 Å². The number of carbonyl (C=O) groups excluding carboxylic acids is 3. The van der Waals surface area contributed by atoms with Crippen LogP contribution in [0.1, 0.15) is 54.4 Å². The number of hydrogen-bond donors (Lipinski definition) is 1. The molecule has 2 heterocycles. The van der Waals surface area contributed by atoms with E-state index in [2.05, 4.69) is 45.0 Å². The molecule has 2 aromatic rings. The van der Waals surface area contributed by atoms with Crippen molar-refractivity contribution in [1.82, 2.24) is 9.80 Å². The summed E-state index contributed by atoms with van der Waals surface area (Å²) in [5, 5.41) is 1.85. The van der Waals surface area contributed by atoms with Crippen molar-refractivity contribution in [2.24, 2.45) is 5.73 Å². The molecule has 8 nitrogen and oxygen atoms in total. The van der Waals surface area contributed by atoms with Gasteiger partial charge in [0.15, 0.2) is 0 Å². The van der Waals surface area contributed by atoms with Crippen molar-refractivity contribution in [2.75, 3.05) is 19.7 Å². The van der Waals surface area contributed by atoms with E-state index in [0.717, 1.165) is 10.4 Å². The van der Waals surface area contributed by atoms with Gasteiger partial charge < -0.3 is 19.8 Å². The number of ether oxygens (including phenoxy) is 1. The van der Waals surface area contributed by atoms with Crippen LogP contribution in [0.3, 0.4) is 0 Å². The second-order valence-electron chi connectivity index (χ2n) is 12.6. The van der Waals surface area contributed by atoms with Crippen LogP contribution in [0.25, 0.3) is 0 Å². The van der Waals surface area contributed by atoms with Gasteiger partial charge in [0.05, 0.1) is 13.2 Å². The fraction of sp³-hybridized carbons (Fsp3) is 0.500. The molecule has 1 spiro atoms. The highest BCUT2D eigenvalue weighted by atomic mass is 28.4. The molecule has 0 saturated carbocycles. The first-order chi connectivity index (χ1) is 18.2. The molecule has 0 aromatic heterocycles. The third-order valence-electron chi connectivity index (χ3n) is 7.77. The molecule has 1 unspecified atom stereocenters. The average Bonchev–Trinajstić information content (AvgIpc) is 3.32. The Kier molecular flexibility index (Phi) is 7.71. The number of β-lactam (4-membered cyclic amide) rings is 1. The van der Waals surface area contributed by atoms with Crippen molar-refractivity contribution in [3.8, 4) is 0 Å². The predicted molar refractivity (Wildman–Crippen MR) is 153 cm³/mol. The van der Waals surface area contributed by atoms with E-state index >= 15 is 0 Å². The molecule has 2 aliphatic heterocycles. The van der Waals surface area contributed by atoms with Crippen molar-refractivity contribution < 1.29 is 23.5 Å². The van der Waals surface area contributed by atoms with Gasteiger partial charge in [-0.3, -0.25) is 14.5 Å². The zero-order valence-electron chi connectivity index (χ0n) is 23.9. The van der Waals surface area contributed by atoms with Gasteiger partial charge in [-0.25, -0.2) is 4.79 Å². The van der Waals surface area contributed by atoms with E-state index in [1.165, 1.54) is 9.80 Å². The number of carbonyl (C=O) groups is 3. The summed E-state index contributed by atoms with van der Waals surface area (Å²) >= 11 is 0. The van der Waals surface area contributed by atoms with Gasteiger partial charge in [0, 0.05) is 6.54 Å². The van der Waals surface area contributed by atoms with Crippen LogP contribution in [0.4, 0.5) is 4.79 Å². The molecule has 9 heteroatoms. The lowest BCUT2D eigenvalue weighted by Gasteiger charge is -2.53. The fourth-order valence-electron chi connectivity index (χ4n) is 5.99. The largest absolute Gasteiger partial charge is 0.444 e. The number of primary amides is 1. The first-order valence-electron chi connectivity index (χ1n) is 13.6. The van der Waals surface area contributed by atoms with E-state index in [-0.39, 0.29) is 24.1 Å². The highest BCUT2D eigenvalue weighted by Crippen LogP contribution is 2.42. The third kappa shape index (κ3) is 5.22. The van der Waals surface area contributed by atoms with Gasteiger partial charge in [0.25, 0.3) is 14.2 Å². The molecule has 0 aliphatic carbocycles. The monoisotopic (exact) mass is 551 g/mol. The average molecular weight is 552 g/mol. The normalized spacial score (nSPS) is 20.6. The standard InChI is InChI=1S/C30H41N3O5Si/c1-28(2,3)38-27(36)33-19-13-18-30(33)21-32(26(30)35)24(25(31)34)20-37-39(29(4,5)6,22-14-9-7-10-15-22)23-16-11-8-12-17-23/h7-12,14-17,24H,13,18-21H2,1-6H3,(H2,31,34)/t24-,30?/m0/s1. The highest BCUT2D eigenvalue weighted by molar-refractivity contribution is 6.99. The molecular formula is C30H41N3O5Si. The third-order valence-corrected chi connectivity index (χ3v) is 12.8. The van der Waals surface area contributed by atoms with Gasteiger partial charge in [0.2, 0.25) is 5.91 Å². The van der Waals surface area contributed by atoms with Crippen molar-refractivity contribution in [3.63, 3.8) is 0 Å². The van der Waals surface area contributed by atoms with Crippen LogP contribution in [0, 0.1) is 0 Å². The Morgan fingerprint density at radius 3 is 1.95 bits per heavy atom. The number of benzene rings is 2. The minimum Gasteiger partial charge on any atom is -0.444 e. The van der Waals surface area contributed by atoms with Crippen LogP contribution in [0.15, 0.2) is 60.7 Å². The maximum absolute atomic E-state index is 13.7. The summed E-state index contributed by atoms with van der Waals surface area (Å²) in [5.74, 6) is -0.904. The SMILES string of the molecule is CC(C)(C)OC(=O)N1CCCC12CN([C@@H](CO[Si](c1ccccc1)(c1ccccc1)C(C)(C)C)C(N)=O)C2=O. The lowest BCUT2D eigenvalue weighted by Crippen LogP contribution is -2.77. The Labute approximate surface area is 232 Å². The van der Waals surface area contributed by atoms with E-state index in [0.29, 0.717) is 19.4 Å². The highest BCUT2D eigenvalue weighted by Gasteiger charge is 2.62. The van der Waals surface area contributed by atoms with Crippen LogP contribution in [0.2, 0.25) is 5.04 Å². The smallest absolute Gasteiger partial charge is 0.411 e. The molecule has 0 radical (unpaired) electrons. The van der Waals surface area contributed by atoms with E-state index in [9.17, 15) is 14.4 Å². The Hall–Kier alpha value is -3.17. The lowest BCUT2D eigenvalue weighted by molar-refractivity contribution is -0.168. The molecule has 2 fully saturated rings. The molecule has 39 heavy (non-hydrogen) atoms. The van der Waals surface area contributed by atoms with Crippen LogP contribution in [-0.4, -0.2) is 72.9 Å². The van der Waals surface area contributed by atoms with Gasteiger partial charge in [-0.15, -0.1) is 0 Å². The van der Waals surface area contributed by atoms with Crippen LogP contribution in [0.5, 0.6) is 0 Å². The number of nitrogens with zero attached hydrogens (tertiary/aromatic N) is 2. The first-order valence-corrected chi connectivity index (χ1v) is 15.5. The quantitative estimate of drug-likeness (QED) is 0.421. The van der Waals surface area contributed by atoms with Crippen molar-refractivity contribution in [1.29, 1.82) is 0 Å². The maximum Gasteiger partial charge on any atom is 0.411 e. The molecule has 2 aliphatic rings. The van der Waals surface area contributed by atoms with E-state index in [1.54, 1.807) is 20.8 Å². The summed E-state index contributed by atoms with van der Waals surface area (Å²) in [6.45, 7) is 12.5. The number of likely N-dealkylation sites (tertiary alicyclic amines) is 2.